The Balaban J connectivity index is 3.05. The van der Waals surface area contributed by atoms with Crippen molar-refractivity contribution in [3.8, 4) is 0 Å². The monoisotopic (exact) mass is 298 g/mol. The largest absolute Gasteiger partial charge is 0.350 e. The molecule has 0 bridgehead atoms. The summed E-state index contributed by atoms with van der Waals surface area (Å²) in [4.78, 5) is 12.2. The topological polar surface area (TPSA) is 75.3 Å². The number of rotatable bonds is 6. The third kappa shape index (κ3) is 3.80. The standard InChI is InChI=1S/C14H22N2O3S/c1-10(2)20(18,19)13-8-6-5-7-12(13)14(17)16-9-11(3)15-4/h5-8,10-11,15H,9H2,1-4H3,(H,16,17). The number of carbonyl (C=O) groups is 1. The van der Waals surface area contributed by atoms with Crippen LogP contribution in [-0.4, -0.2) is 39.2 Å². The maximum absolute atomic E-state index is 12.3. The van der Waals surface area contributed by atoms with Crippen LogP contribution in [0.15, 0.2) is 29.2 Å². The first-order valence-corrected chi connectivity index (χ1v) is 8.13. The molecule has 20 heavy (non-hydrogen) atoms. The van der Waals surface area contributed by atoms with Crippen LogP contribution in [0.2, 0.25) is 0 Å². The van der Waals surface area contributed by atoms with E-state index >= 15 is 0 Å². The molecule has 6 heteroatoms. The Morgan fingerprint density at radius 2 is 1.80 bits per heavy atom. The first-order chi connectivity index (χ1) is 9.30. The highest BCUT2D eigenvalue weighted by Gasteiger charge is 2.25. The lowest BCUT2D eigenvalue weighted by Gasteiger charge is -2.15. The summed E-state index contributed by atoms with van der Waals surface area (Å²) in [6.07, 6.45) is 0. The molecule has 0 aliphatic rings. The normalized spacial score (nSPS) is 13.2. The summed E-state index contributed by atoms with van der Waals surface area (Å²) in [5.41, 5.74) is 0.199. The first-order valence-electron chi connectivity index (χ1n) is 6.59. The third-order valence-corrected chi connectivity index (χ3v) is 5.33. The summed E-state index contributed by atoms with van der Waals surface area (Å²) in [5, 5.41) is 5.17. The second-order valence-electron chi connectivity index (χ2n) is 4.99. The Morgan fingerprint density at radius 1 is 1.20 bits per heavy atom. The molecule has 1 unspecified atom stereocenters. The van der Waals surface area contributed by atoms with Gasteiger partial charge in [-0.1, -0.05) is 12.1 Å². The van der Waals surface area contributed by atoms with Crippen molar-refractivity contribution in [3.63, 3.8) is 0 Å². The Labute approximate surface area is 120 Å². The van der Waals surface area contributed by atoms with E-state index in [2.05, 4.69) is 10.6 Å². The van der Waals surface area contributed by atoms with E-state index in [9.17, 15) is 13.2 Å². The van der Waals surface area contributed by atoms with Gasteiger partial charge < -0.3 is 10.6 Å². The molecule has 0 aliphatic heterocycles. The zero-order chi connectivity index (χ0) is 15.3. The molecular formula is C14H22N2O3S. The minimum absolute atomic E-state index is 0.0876. The predicted octanol–water partition coefficient (Wildman–Crippen LogP) is 1.21. The van der Waals surface area contributed by atoms with Gasteiger partial charge in [0.15, 0.2) is 9.84 Å². The predicted molar refractivity (Wildman–Crippen MR) is 79.6 cm³/mol. The van der Waals surface area contributed by atoms with Gasteiger partial charge in [0.1, 0.15) is 0 Å². The number of hydrogen-bond acceptors (Lipinski definition) is 4. The zero-order valence-electron chi connectivity index (χ0n) is 12.3. The maximum atomic E-state index is 12.3. The summed E-state index contributed by atoms with van der Waals surface area (Å²) in [6.45, 7) is 5.57. The van der Waals surface area contributed by atoms with Crippen LogP contribution in [0.3, 0.4) is 0 Å². The molecule has 0 aliphatic carbocycles. The second kappa shape index (κ2) is 6.85. The van der Waals surface area contributed by atoms with Crippen LogP contribution in [0.1, 0.15) is 31.1 Å². The van der Waals surface area contributed by atoms with Crippen molar-refractivity contribution in [2.75, 3.05) is 13.6 Å². The van der Waals surface area contributed by atoms with Gasteiger partial charge in [0.2, 0.25) is 0 Å². The van der Waals surface area contributed by atoms with Crippen LogP contribution in [0, 0.1) is 0 Å². The summed E-state index contributed by atoms with van der Waals surface area (Å²) in [7, 11) is -1.67. The smallest absolute Gasteiger partial charge is 0.252 e. The van der Waals surface area contributed by atoms with Crippen molar-refractivity contribution in [1.82, 2.24) is 10.6 Å². The molecular weight excluding hydrogens is 276 g/mol. The van der Waals surface area contributed by atoms with Crippen LogP contribution in [0.4, 0.5) is 0 Å². The molecule has 0 saturated carbocycles. The minimum Gasteiger partial charge on any atom is -0.350 e. The fourth-order valence-electron chi connectivity index (χ4n) is 1.60. The molecule has 0 spiro atoms. The van der Waals surface area contributed by atoms with E-state index in [1.165, 1.54) is 12.1 Å². The fourth-order valence-corrected chi connectivity index (χ4v) is 2.84. The Morgan fingerprint density at radius 3 is 2.35 bits per heavy atom. The maximum Gasteiger partial charge on any atom is 0.252 e. The van der Waals surface area contributed by atoms with Crippen molar-refractivity contribution in [1.29, 1.82) is 0 Å². The number of sulfone groups is 1. The Bertz CT molecular complexity index is 568. The molecule has 0 fully saturated rings. The lowest BCUT2D eigenvalue weighted by molar-refractivity contribution is 0.0947. The van der Waals surface area contributed by atoms with E-state index in [-0.39, 0.29) is 22.4 Å². The van der Waals surface area contributed by atoms with Crippen molar-refractivity contribution in [2.45, 2.75) is 37.0 Å². The van der Waals surface area contributed by atoms with Crippen LogP contribution in [-0.2, 0) is 9.84 Å². The second-order valence-corrected chi connectivity index (χ2v) is 7.46. The van der Waals surface area contributed by atoms with Gasteiger partial charge in [0.05, 0.1) is 15.7 Å². The quantitative estimate of drug-likeness (QED) is 0.827. The molecule has 0 heterocycles. The fraction of sp³-hybridized carbons (Fsp3) is 0.500. The van der Waals surface area contributed by atoms with Crippen molar-refractivity contribution < 1.29 is 13.2 Å². The molecule has 1 aromatic carbocycles. The number of likely N-dealkylation sites (N-methyl/N-ethyl adjacent to an activating group) is 1. The average molecular weight is 298 g/mol. The van der Waals surface area contributed by atoms with E-state index in [4.69, 9.17) is 0 Å². The van der Waals surface area contributed by atoms with Gasteiger partial charge in [-0.25, -0.2) is 8.42 Å². The van der Waals surface area contributed by atoms with Gasteiger partial charge >= 0.3 is 0 Å². The van der Waals surface area contributed by atoms with Crippen molar-refractivity contribution in [3.05, 3.63) is 29.8 Å². The van der Waals surface area contributed by atoms with Gasteiger partial charge in [0.25, 0.3) is 5.91 Å². The highest BCUT2D eigenvalue weighted by atomic mass is 32.2. The number of benzene rings is 1. The SMILES string of the molecule is CNC(C)CNC(=O)c1ccccc1S(=O)(=O)C(C)C. The molecule has 112 valence electrons. The van der Waals surface area contributed by atoms with Crippen LogP contribution < -0.4 is 10.6 Å². The molecule has 1 aromatic rings. The average Bonchev–Trinajstić information content (AvgIpc) is 2.44. The molecule has 1 amide bonds. The van der Waals surface area contributed by atoms with Crippen LogP contribution >= 0.6 is 0 Å². The van der Waals surface area contributed by atoms with Crippen molar-refractivity contribution in [2.24, 2.45) is 0 Å². The summed E-state index contributed by atoms with van der Waals surface area (Å²) in [6, 6.07) is 6.42. The summed E-state index contributed by atoms with van der Waals surface area (Å²) < 4.78 is 24.5. The molecule has 0 saturated heterocycles. The minimum atomic E-state index is -3.47. The number of carbonyl (C=O) groups excluding carboxylic acids is 1. The van der Waals surface area contributed by atoms with Crippen LogP contribution in [0.5, 0.6) is 0 Å². The lowest BCUT2D eigenvalue weighted by Crippen LogP contribution is -2.37. The summed E-state index contributed by atoms with van der Waals surface area (Å²) >= 11 is 0. The summed E-state index contributed by atoms with van der Waals surface area (Å²) in [5.74, 6) is -0.369. The van der Waals surface area contributed by atoms with Crippen molar-refractivity contribution >= 4 is 15.7 Å². The first kappa shape index (κ1) is 16.7. The van der Waals surface area contributed by atoms with E-state index < -0.39 is 15.1 Å². The van der Waals surface area contributed by atoms with Gasteiger partial charge in [-0.2, -0.15) is 0 Å². The Kier molecular flexibility index (Phi) is 5.71. The van der Waals surface area contributed by atoms with Gasteiger partial charge in [-0.15, -0.1) is 0 Å². The van der Waals surface area contributed by atoms with E-state index in [1.807, 2.05) is 6.92 Å². The van der Waals surface area contributed by atoms with Gasteiger partial charge in [-0.05, 0) is 40.0 Å². The molecule has 0 radical (unpaired) electrons. The third-order valence-electron chi connectivity index (χ3n) is 3.12. The van der Waals surface area contributed by atoms with E-state index in [1.54, 1.807) is 33.0 Å². The van der Waals surface area contributed by atoms with Gasteiger partial charge in [0, 0.05) is 12.6 Å². The zero-order valence-corrected chi connectivity index (χ0v) is 13.1. The lowest BCUT2D eigenvalue weighted by atomic mass is 10.2. The van der Waals surface area contributed by atoms with Gasteiger partial charge in [-0.3, -0.25) is 4.79 Å². The molecule has 1 rings (SSSR count). The molecule has 5 nitrogen and oxygen atoms in total. The van der Waals surface area contributed by atoms with Crippen LogP contribution in [0.25, 0.3) is 0 Å². The van der Waals surface area contributed by atoms with E-state index in [0.29, 0.717) is 6.54 Å². The Hall–Kier alpha value is -1.40. The molecule has 2 N–H and O–H groups in total. The number of nitrogens with one attached hydrogen (secondary N) is 2. The molecule has 1 atom stereocenters. The number of amides is 1. The number of hydrogen-bond donors (Lipinski definition) is 2. The highest BCUT2D eigenvalue weighted by Crippen LogP contribution is 2.20. The van der Waals surface area contributed by atoms with E-state index in [0.717, 1.165) is 0 Å². The highest BCUT2D eigenvalue weighted by molar-refractivity contribution is 7.92. The molecule has 0 aromatic heterocycles.